The Kier molecular flexibility index (Phi) is 5.59. The van der Waals surface area contributed by atoms with Crippen molar-refractivity contribution in [2.45, 2.75) is 13.5 Å². The fourth-order valence-corrected chi connectivity index (χ4v) is 2.62. The van der Waals surface area contributed by atoms with E-state index in [-0.39, 0.29) is 18.0 Å². The maximum absolute atomic E-state index is 12.3. The van der Waals surface area contributed by atoms with Crippen LogP contribution >= 0.6 is 0 Å². The molecule has 0 spiro atoms. The first-order chi connectivity index (χ1) is 13.8. The molecule has 146 valence electrons. The molecule has 3 rings (SSSR count). The van der Waals surface area contributed by atoms with Gasteiger partial charge in [-0.3, -0.25) is 24.5 Å². The summed E-state index contributed by atoms with van der Waals surface area (Å²) in [6, 6.07) is 14.9. The Morgan fingerprint density at radius 2 is 1.83 bits per heavy atom. The summed E-state index contributed by atoms with van der Waals surface area (Å²) in [6.07, 6.45) is 0. The fraction of sp³-hybridized carbons (Fsp3) is 0.100. The maximum atomic E-state index is 12.3. The molecule has 0 aliphatic heterocycles. The van der Waals surface area contributed by atoms with Gasteiger partial charge >= 0.3 is 0 Å². The summed E-state index contributed by atoms with van der Waals surface area (Å²) in [6.45, 7) is 1.10. The second kappa shape index (κ2) is 8.26. The predicted molar refractivity (Wildman–Crippen MR) is 106 cm³/mol. The van der Waals surface area contributed by atoms with E-state index in [1.807, 2.05) is 0 Å². The van der Waals surface area contributed by atoms with E-state index in [0.717, 1.165) is 4.68 Å². The van der Waals surface area contributed by atoms with Crippen LogP contribution in [0.25, 0.3) is 11.3 Å². The first-order valence-corrected chi connectivity index (χ1v) is 8.57. The number of nitrogens with zero attached hydrogens (tertiary/aromatic N) is 3. The summed E-state index contributed by atoms with van der Waals surface area (Å²) in [7, 11) is 0. The molecule has 0 aliphatic rings. The Morgan fingerprint density at radius 3 is 2.48 bits per heavy atom. The number of nitro groups is 1. The maximum Gasteiger partial charge on any atom is 0.269 e. The second-order valence-electron chi connectivity index (χ2n) is 6.20. The summed E-state index contributed by atoms with van der Waals surface area (Å²) < 4.78 is 1.00. The lowest BCUT2D eigenvalue weighted by molar-refractivity contribution is -0.384. The summed E-state index contributed by atoms with van der Waals surface area (Å²) in [4.78, 5) is 46.1. The summed E-state index contributed by atoms with van der Waals surface area (Å²) in [5.74, 6) is -0.615. The predicted octanol–water partition coefficient (Wildman–Crippen LogP) is 2.66. The molecular weight excluding hydrogens is 376 g/mol. The van der Waals surface area contributed by atoms with E-state index in [1.54, 1.807) is 24.3 Å². The standard InChI is InChI=1S/C20H16N4O5/c1-13(25)15-3-2-4-16(11-15)21-19(26)12-23-20(27)10-9-18(22-23)14-5-7-17(8-6-14)24(28)29/h2-11H,12H2,1H3,(H,21,26). The molecule has 3 aromatic rings. The highest BCUT2D eigenvalue weighted by Crippen LogP contribution is 2.19. The molecule has 0 saturated heterocycles. The number of non-ortho nitro benzene ring substituents is 1. The van der Waals surface area contributed by atoms with Gasteiger partial charge in [-0.1, -0.05) is 12.1 Å². The van der Waals surface area contributed by atoms with Crippen LogP contribution < -0.4 is 10.9 Å². The third kappa shape index (κ3) is 4.78. The third-order valence-electron chi connectivity index (χ3n) is 4.09. The van der Waals surface area contributed by atoms with Crippen LogP contribution in [0.4, 0.5) is 11.4 Å². The van der Waals surface area contributed by atoms with Crippen molar-refractivity contribution in [3.8, 4) is 11.3 Å². The van der Waals surface area contributed by atoms with Crippen molar-refractivity contribution in [3.63, 3.8) is 0 Å². The molecule has 0 unspecified atom stereocenters. The van der Waals surface area contributed by atoms with Gasteiger partial charge in [-0.15, -0.1) is 0 Å². The number of hydrogen-bond donors (Lipinski definition) is 1. The number of ketones is 1. The first kappa shape index (κ1) is 19.6. The van der Waals surface area contributed by atoms with Crippen LogP contribution in [0.3, 0.4) is 0 Å². The average Bonchev–Trinajstić information content (AvgIpc) is 2.70. The third-order valence-corrected chi connectivity index (χ3v) is 4.09. The van der Waals surface area contributed by atoms with Crippen molar-refractivity contribution in [2.75, 3.05) is 5.32 Å². The Hall–Kier alpha value is -4.14. The van der Waals surface area contributed by atoms with Crippen LogP contribution in [0.1, 0.15) is 17.3 Å². The van der Waals surface area contributed by atoms with E-state index in [1.165, 1.54) is 43.3 Å². The van der Waals surface area contributed by atoms with Crippen molar-refractivity contribution < 1.29 is 14.5 Å². The van der Waals surface area contributed by atoms with Gasteiger partial charge in [-0.2, -0.15) is 5.10 Å². The molecule has 1 amide bonds. The molecule has 0 bridgehead atoms. The number of carbonyl (C=O) groups excluding carboxylic acids is 2. The van der Waals surface area contributed by atoms with E-state index in [2.05, 4.69) is 10.4 Å². The topological polar surface area (TPSA) is 124 Å². The molecule has 2 aromatic carbocycles. The van der Waals surface area contributed by atoms with E-state index in [9.17, 15) is 24.5 Å². The van der Waals surface area contributed by atoms with Crippen LogP contribution in [-0.4, -0.2) is 26.4 Å². The molecule has 1 heterocycles. The van der Waals surface area contributed by atoms with Crippen LogP contribution in [0, 0.1) is 10.1 Å². The smallest absolute Gasteiger partial charge is 0.269 e. The number of aromatic nitrogens is 2. The normalized spacial score (nSPS) is 10.4. The minimum atomic E-state index is -0.510. The highest BCUT2D eigenvalue weighted by Gasteiger charge is 2.11. The quantitative estimate of drug-likeness (QED) is 0.391. The highest BCUT2D eigenvalue weighted by atomic mass is 16.6. The number of amides is 1. The van der Waals surface area contributed by atoms with Gasteiger partial charge in [0, 0.05) is 35.0 Å². The Bertz CT molecular complexity index is 1150. The molecule has 0 radical (unpaired) electrons. The van der Waals surface area contributed by atoms with E-state index < -0.39 is 16.4 Å². The number of nitro benzene ring substituents is 1. The van der Waals surface area contributed by atoms with Gasteiger partial charge in [0.15, 0.2) is 5.78 Å². The molecular formula is C20H16N4O5. The molecule has 1 N–H and O–H groups in total. The fourth-order valence-electron chi connectivity index (χ4n) is 2.62. The van der Waals surface area contributed by atoms with Crippen molar-refractivity contribution in [1.29, 1.82) is 0 Å². The molecule has 0 atom stereocenters. The van der Waals surface area contributed by atoms with E-state index in [0.29, 0.717) is 22.5 Å². The number of rotatable bonds is 6. The summed E-state index contributed by atoms with van der Waals surface area (Å²) in [5.41, 5.74) is 1.32. The zero-order chi connectivity index (χ0) is 21.0. The molecule has 0 saturated carbocycles. The SMILES string of the molecule is CC(=O)c1cccc(NC(=O)Cn2nc(-c3ccc([N+](=O)[O-])cc3)ccc2=O)c1. The molecule has 1 aromatic heterocycles. The number of anilines is 1. The summed E-state index contributed by atoms with van der Waals surface area (Å²) >= 11 is 0. The van der Waals surface area contributed by atoms with Crippen LogP contribution in [0.15, 0.2) is 65.5 Å². The zero-order valence-electron chi connectivity index (χ0n) is 15.4. The highest BCUT2D eigenvalue weighted by molar-refractivity contribution is 5.97. The van der Waals surface area contributed by atoms with Gasteiger partial charge < -0.3 is 5.32 Å². The number of nitrogens with one attached hydrogen (secondary N) is 1. The van der Waals surface area contributed by atoms with Gasteiger partial charge in [-0.05, 0) is 37.3 Å². The number of hydrogen-bond acceptors (Lipinski definition) is 6. The van der Waals surface area contributed by atoms with Crippen molar-refractivity contribution in [3.05, 3.63) is 86.7 Å². The largest absolute Gasteiger partial charge is 0.324 e. The molecule has 9 nitrogen and oxygen atoms in total. The van der Waals surface area contributed by atoms with Gasteiger partial charge in [0.25, 0.3) is 11.2 Å². The van der Waals surface area contributed by atoms with E-state index >= 15 is 0 Å². The average molecular weight is 392 g/mol. The lowest BCUT2D eigenvalue weighted by Crippen LogP contribution is -2.29. The second-order valence-corrected chi connectivity index (χ2v) is 6.20. The Morgan fingerprint density at radius 1 is 1.10 bits per heavy atom. The molecule has 0 aliphatic carbocycles. The lowest BCUT2D eigenvalue weighted by atomic mass is 10.1. The van der Waals surface area contributed by atoms with Gasteiger partial charge in [0.2, 0.25) is 5.91 Å². The van der Waals surface area contributed by atoms with E-state index in [4.69, 9.17) is 0 Å². The minimum Gasteiger partial charge on any atom is -0.324 e. The van der Waals surface area contributed by atoms with Gasteiger partial charge in [0.05, 0.1) is 10.6 Å². The van der Waals surface area contributed by atoms with Crippen molar-refractivity contribution >= 4 is 23.1 Å². The first-order valence-electron chi connectivity index (χ1n) is 8.57. The van der Waals surface area contributed by atoms with Gasteiger partial charge in [-0.25, -0.2) is 4.68 Å². The molecule has 29 heavy (non-hydrogen) atoms. The number of benzene rings is 2. The Labute approximate surface area is 164 Å². The van der Waals surface area contributed by atoms with Crippen LogP contribution in [0.2, 0.25) is 0 Å². The number of Topliss-reactive ketones (excluding diaryl/α,β-unsaturated/α-hetero) is 1. The molecule has 0 fully saturated rings. The summed E-state index contributed by atoms with van der Waals surface area (Å²) in [5, 5.41) is 17.5. The molecule has 9 heteroatoms. The zero-order valence-corrected chi connectivity index (χ0v) is 15.4. The minimum absolute atomic E-state index is 0.0609. The van der Waals surface area contributed by atoms with Crippen molar-refractivity contribution in [1.82, 2.24) is 9.78 Å². The van der Waals surface area contributed by atoms with Crippen LogP contribution in [0.5, 0.6) is 0 Å². The van der Waals surface area contributed by atoms with Crippen molar-refractivity contribution in [2.24, 2.45) is 0 Å². The van der Waals surface area contributed by atoms with Crippen LogP contribution in [-0.2, 0) is 11.3 Å². The van der Waals surface area contributed by atoms with Gasteiger partial charge in [0.1, 0.15) is 6.54 Å². The lowest BCUT2D eigenvalue weighted by Gasteiger charge is -2.09. The monoisotopic (exact) mass is 392 g/mol. The number of carbonyl (C=O) groups is 2. The Balaban J connectivity index is 1.78.